The molecule has 1 aromatic heterocycles. The zero-order valence-electron chi connectivity index (χ0n) is 15.0. The van der Waals surface area contributed by atoms with Crippen molar-refractivity contribution < 1.29 is 34.9 Å². The van der Waals surface area contributed by atoms with Gasteiger partial charge in [-0.15, -0.1) is 0 Å². The molecule has 0 spiro atoms. The molecule has 8 heteroatoms. The van der Waals surface area contributed by atoms with Crippen LogP contribution in [0.15, 0.2) is 42.7 Å². The topological polar surface area (TPSA) is 33.0 Å². The van der Waals surface area contributed by atoms with Gasteiger partial charge in [-0.2, -0.15) is 17.7 Å². The third kappa shape index (κ3) is 6.40. The molecule has 148 valence electrons. The standard InChI is InChI=1S/C19H20ClF3N2O.ClH/c1-3-13(4-2)14-7-9-25(10-8-14)12-18(26)24-17-11-15(19(21,22)23)5-6-16(17)20;/h5-11,13H,3-4,12H2,1-2H3;1H. The van der Waals surface area contributed by atoms with E-state index in [1.807, 2.05) is 12.1 Å². The summed E-state index contributed by atoms with van der Waals surface area (Å²) in [6, 6.07) is 6.76. The van der Waals surface area contributed by atoms with Crippen molar-refractivity contribution in [2.45, 2.75) is 45.3 Å². The number of pyridine rings is 1. The van der Waals surface area contributed by atoms with Crippen molar-refractivity contribution in [3.63, 3.8) is 0 Å². The van der Waals surface area contributed by atoms with Crippen LogP contribution in [-0.2, 0) is 17.5 Å². The maximum atomic E-state index is 12.8. The number of hydrogen-bond acceptors (Lipinski definition) is 1. The second kappa shape index (κ2) is 9.95. The van der Waals surface area contributed by atoms with Crippen LogP contribution in [0.3, 0.4) is 0 Å². The summed E-state index contributed by atoms with van der Waals surface area (Å²) in [6.45, 7) is 4.23. The van der Waals surface area contributed by atoms with Crippen LogP contribution in [0.1, 0.15) is 43.7 Å². The molecule has 1 aromatic carbocycles. The molecule has 0 saturated carbocycles. The highest BCUT2D eigenvalue weighted by Gasteiger charge is 2.31. The van der Waals surface area contributed by atoms with Crippen molar-refractivity contribution in [2.24, 2.45) is 0 Å². The largest absolute Gasteiger partial charge is 1.00 e. The third-order valence-electron chi connectivity index (χ3n) is 4.27. The van der Waals surface area contributed by atoms with Crippen molar-refractivity contribution in [2.75, 3.05) is 5.32 Å². The molecule has 0 saturated heterocycles. The molecule has 0 aliphatic heterocycles. The number of amides is 1. The number of benzene rings is 1. The number of aromatic nitrogens is 1. The molecule has 0 fully saturated rings. The van der Waals surface area contributed by atoms with E-state index in [2.05, 4.69) is 19.2 Å². The van der Waals surface area contributed by atoms with Gasteiger partial charge in [0.1, 0.15) is 0 Å². The summed E-state index contributed by atoms with van der Waals surface area (Å²) in [5, 5.41) is 2.50. The second-order valence-electron chi connectivity index (χ2n) is 6.06. The Kier molecular flexibility index (Phi) is 8.57. The van der Waals surface area contributed by atoms with Gasteiger partial charge in [0.15, 0.2) is 12.4 Å². The summed E-state index contributed by atoms with van der Waals surface area (Å²) in [4.78, 5) is 12.2. The molecule has 3 nitrogen and oxygen atoms in total. The Balaban J connectivity index is 0.00000364. The summed E-state index contributed by atoms with van der Waals surface area (Å²) >= 11 is 5.89. The van der Waals surface area contributed by atoms with E-state index >= 15 is 0 Å². The fourth-order valence-electron chi connectivity index (χ4n) is 2.76. The molecule has 1 heterocycles. The number of carbonyl (C=O) groups excluding carboxylic acids is 1. The van der Waals surface area contributed by atoms with Gasteiger partial charge in [-0.25, -0.2) is 0 Å². The lowest BCUT2D eigenvalue weighted by Crippen LogP contribution is -3.00. The number of nitrogens with one attached hydrogen (secondary N) is 1. The molecule has 0 bridgehead atoms. The zero-order valence-corrected chi connectivity index (χ0v) is 16.5. The number of alkyl halides is 3. The monoisotopic (exact) mass is 420 g/mol. The van der Waals surface area contributed by atoms with Crippen LogP contribution in [-0.4, -0.2) is 5.91 Å². The maximum Gasteiger partial charge on any atom is 0.416 e. The molecule has 0 aliphatic rings. The highest BCUT2D eigenvalue weighted by Crippen LogP contribution is 2.33. The van der Waals surface area contributed by atoms with Crippen molar-refractivity contribution in [1.29, 1.82) is 0 Å². The van der Waals surface area contributed by atoms with Gasteiger partial charge in [-0.05, 0) is 42.5 Å². The molecular weight excluding hydrogens is 400 g/mol. The highest BCUT2D eigenvalue weighted by atomic mass is 35.5. The number of rotatable bonds is 6. The van der Waals surface area contributed by atoms with E-state index in [9.17, 15) is 18.0 Å². The van der Waals surface area contributed by atoms with Crippen molar-refractivity contribution in [3.05, 3.63) is 58.9 Å². The van der Waals surface area contributed by atoms with E-state index in [-0.39, 0.29) is 29.7 Å². The highest BCUT2D eigenvalue weighted by molar-refractivity contribution is 6.33. The summed E-state index contributed by atoms with van der Waals surface area (Å²) in [5.74, 6) is 0.0221. The van der Waals surface area contributed by atoms with Crippen molar-refractivity contribution in [3.8, 4) is 0 Å². The minimum absolute atomic E-state index is 0. The van der Waals surface area contributed by atoms with E-state index in [1.54, 1.807) is 17.0 Å². The van der Waals surface area contributed by atoms with Gasteiger partial charge >= 0.3 is 6.18 Å². The summed E-state index contributed by atoms with van der Waals surface area (Å²) in [7, 11) is 0. The fourth-order valence-corrected chi connectivity index (χ4v) is 2.92. The normalized spacial score (nSPS) is 11.2. The maximum absolute atomic E-state index is 12.8. The summed E-state index contributed by atoms with van der Waals surface area (Å²) < 4.78 is 40.0. The smallest absolute Gasteiger partial charge is 0.416 e. The van der Waals surface area contributed by atoms with Gasteiger partial charge in [-0.1, -0.05) is 25.4 Å². The third-order valence-corrected chi connectivity index (χ3v) is 4.60. The Hall–Kier alpha value is -1.79. The van der Waals surface area contributed by atoms with Crippen LogP contribution in [0, 0.1) is 0 Å². The van der Waals surface area contributed by atoms with Crippen molar-refractivity contribution >= 4 is 23.2 Å². The van der Waals surface area contributed by atoms with E-state index in [4.69, 9.17) is 11.6 Å². The predicted octanol–water partition coefficient (Wildman–Crippen LogP) is 2.19. The first-order valence-electron chi connectivity index (χ1n) is 8.40. The number of carbonyl (C=O) groups is 1. The average molecular weight is 421 g/mol. The summed E-state index contributed by atoms with van der Waals surface area (Å²) in [6.07, 6.45) is 1.16. The number of nitrogens with zero attached hydrogens (tertiary/aromatic N) is 1. The van der Waals surface area contributed by atoms with Crippen LogP contribution in [0.2, 0.25) is 5.02 Å². The van der Waals surface area contributed by atoms with Gasteiger partial charge in [0.2, 0.25) is 6.54 Å². The van der Waals surface area contributed by atoms with Crippen LogP contribution in [0.25, 0.3) is 0 Å². The SMILES string of the molecule is CCC(CC)c1cc[n+](CC(=O)Nc2cc(C(F)(F)F)ccc2Cl)cc1.[Cl-]. The van der Waals surface area contributed by atoms with E-state index in [0.717, 1.165) is 31.0 Å². The lowest BCUT2D eigenvalue weighted by Gasteiger charge is -2.12. The Morgan fingerprint density at radius 1 is 1.15 bits per heavy atom. The minimum atomic E-state index is -4.50. The fraction of sp³-hybridized carbons (Fsp3) is 0.368. The molecule has 0 atom stereocenters. The molecular formula is C19H21Cl2F3N2O. The lowest BCUT2D eigenvalue weighted by molar-refractivity contribution is -0.684. The first-order chi connectivity index (χ1) is 12.2. The quantitative estimate of drug-likeness (QED) is 0.713. The molecule has 2 rings (SSSR count). The molecule has 27 heavy (non-hydrogen) atoms. The molecule has 1 amide bonds. The Bertz CT molecular complexity index is 761. The van der Waals surface area contributed by atoms with Gasteiger partial charge in [0.25, 0.3) is 5.91 Å². The van der Waals surface area contributed by atoms with E-state index < -0.39 is 17.6 Å². The Labute approximate surface area is 168 Å². The Morgan fingerprint density at radius 3 is 2.26 bits per heavy atom. The molecule has 1 N–H and O–H groups in total. The van der Waals surface area contributed by atoms with E-state index in [1.165, 1.54) is 5.56 Å². The lowest BCUT2D eigenvalue weighted by atomic mass is 9.95. The van der Waals surface area contributed by atoms with Crippen LogP contribution < -0.4 is 22.3 Å². The molecule has 0 radical (unpaired) electrons. The van der Waals surface area contributed by atoms with Crippen LogP contribution in [0.4, 0.5) is 18.9 Å². The zero-order chi connectivity index (χ0) is 19.3. The first-order valence-corrected chi connectivity index (χ1v) is 8.78. The van der Waals surface area contributed by atoms with Gasteiger partial charge in [-0.3, -0.25) is 4.79 Å². The van der Waals surface area contributed by atoms with Crippen LogP contribution >= 0.6 is 11.6 Å². The van der Waals surface area contributed by atoms with E-state index in [0.29, 0.717) is 5.92 Å². The molecule has 0 unspecified atom stereocenters. The van der Waals surface area contributed by atoms with Gasteiger partial charge in [0, 0.05) is 12.1 Å². The summed E-state index contributed by atoms with van der Waals surface area (Å²) in [5.41, 5.74) is 0.285. The van der Waals surface area contributed by atoms with Crippen LogP contribution in [0.5, 0.6) is 0 Å². The first kappa shape index (κ1) is 23.2. The molecule has 2 aromatic rings. The number of halogens is 5. The van der Waals surface area contributed by atoms with Gasteiger partial charge in [0.05, 0.1) is 16.3 Å². The second-order valence-corrected chi connectivity index (χ2v) is 6.46. The number of hydrogen-bond donors (Lipinski definition) is 1. The number of anilines is 1. The minimum Gasteiger partial charge on any atom is -1.00 e. The van der Waals surface area contributed by atoms with Crippen molar-refractivity contribution in [1.82, 2.24) is 0 Å². The predicted molar refractivity (Wildman–Crippen MR) is 95.0 cm³/mol. The Morgan fingerprint density at radius 2 is 1.74 bits per heavy atom. The molecule has 0 aliphatic carbocycles. The average Bonchev–Trinajstić information content (AvgIpc) is 2.58. The van der Waals surface area contributed by atoms with Gasteiger partial charge < -0.3 is 17.7 Å².